The van der Waals surface area contributed by atoms with Gasteiger partial charge in [0.2, 0.25) is 0 Å². The van der Waals surface area contributed by atoms with Crippen LogP contribution in [0, 0.1) is 44.3 Å². The molecular weight excluding hydrogens is 607 g/mol. The molecule has 1 aliphatic heterocycles. The van der Waals surface area contributed by atoms with E-state index in [4.69, 9.17) is 0 Å². The quantitative estimate of drug-likeness (QED) is 0.268. The van der Waals surface area contributed by atoms with Crippen LogP contribution in [0.5, 0.6) is 0 Å². The maximum Gasteiger partial charge on any atom is 0.0707 e. The molecule has 2 rings (SSSR count). The molecule has 2 aliphatic rings. The van der Waals surface area contributed by atoms with Gasteiger partial charge in [0.1, 0.15) is 0 Å². The zero-order valence-corrected chi connectivity index (χ0v) is 39.2. The molecule has 0 unspecified atom stereocenters. The first-order chi connectivity index (χ1) is 20.3. The van der Waals surface area contributed by atoms with Crippen molar-refractivity contribution in [1.82, 2.24) is 4.90 Å². The first-order valence-electron chi connectivity index (χ1n) is 19.3. The van der Waals surface area contributed by atoms with Crippen molar-refractivity contribution in [3.05, 3.63) is 0 Å². The highest BCUT2D eigenvalue weighted by atomic mass is 32.2. The van der Waals surface area contributed by atoms with Crippen LogP contribution in [0.1, 0.15) is 205 Å². The molecular formula is C44H93NS2. The second-order valence-electron chi connectivity index (χ2n) is 23.6. The Morgan fingerprint density at radius 1 is 0.511 bits per heavy atom. The molecule has 3 heteroatoms. The maximum atomic E-state index is 2.43. The Labute approximate surface area is 309 Å². The Kier molecular flexibility index (Phi) is 19.0. The Balaban J connectivity index is 0. The molecule has 0 aromatic rings. The van der Waals surface area contributed by atoms with Crippen LogP contribution in [0.15, 0.2) is 0 Å². The molecule has 286 valence electrons. The third kappa shape index (κ3) is 19.2. The van der Waals surface area contributed by atoms with E-state index < -0.39 is 0 Å². The molecule has 1 saturated carbocycles. The predicted molar refractivity (Wildman–Crippen MR) is 226 cm³/mol. The first kappa shape index (κ1) is 49.8. The van der Waals surface area contributed by atoms with Crippen LogP contribution < -0.4 is 0 Å². The molecule has 2 fully saturated rings. The Bertz CT molecular complexity index is 776. The number of hydrogen-bond donors (Lipinski definition) is 0. The van der Waals surface area contributed by atoms with Gasteiger partial charge in [-0.05, 0) is 99.3 Å². The van der Waals surface area contributed by atoms with E-state index >= 15 is 0 Å². The lowest BCUT2D eigenvalue weighted by Gasteiger charge is -2.49. The van der Waals surface area contributed by atoms with E-state index in [2.05, 4.69) is 202 Å². The summed E-state index contributed by atoms with van der Waals surface area (Å²) in [5, 5.41) is 0. The summed E-state index contributed by atoms with van der Waals surface area (Å²) in [6, 6.07) is 0. The van der Waals surface area contributed by atoms with Gasteiger partial charge in [0, 0.05) is 22.6 Å². The van der Waals surface area contributed by atoms with Gasteiger partial charge in [-0.1, -0.05) is 157 Å². The molecule has 0 N–H and O–H groups in total. The molecule has 0 aromatic carbocycles. The zero-order valence-electron chi connectivity index (χ0n) is 37.6. The second-order valence-corrected chi connectivity index (χ2v) is 26.5. The van der Waals surface area contributed by atoms with Gasteiger partial charge in [-0.15, -0.1) is 23.5 Å². The zero-order chi connectivity index (χ0) is 38.3. The van der Waals surface area contributed by atoms with Crippen molar-refractivity contribution < 1.29 is 0 Å². The van der Waals surface area contributed by atoms with Crippen LogP contribution in [-0.4, -0.2) is 38.6 Å². The molecule has 0 bridgehead atoms. The van der Waals surface area contributed by atoms with E-state index in [0.29, 0.717) is 36.6 Å². The minimum Gasteiger partial charge on any atom is -0.297 e. The monoisotopic (exact) mass is 700 g/mol. The van der Waals surface area contributed by atoms with Gasteiger partial charge < -0.3 is 0 Å². The lowest BCUT2D eigenvalue weighted by Crippen LogP contribution is -2.49. The topological polar surface area (TPSA) is 3.24 Å². The summed E-state index contributed by atoms with van der Waals surface area (Å²) >= 11 is 4.33. The summed E-state index contributed by atoms with van der Waals surface area (Å²) in [4.78, 5) is 2.38. The normalized spacial score (nSPS) is 19.0. The van der Waals surface area contributed by atoms with Crippen molar-refractivity contribution in [2.45, 2.75) is 220 Å². The van der Waals surface area contributed by atoms with Crippen LogP contribution in [0.25, 0.3) is 0 Å². The second kappa shape index (κ2) is 17.9. The van der Waals surface area contributed by atoms with Crippen molar-refractivity contribution in [2.24, 2.45) is 44.3 Å². The van der Waals surface area contributed by atoms with Crippen LogP contribution in [0.2, 0.25) is 0 Å². The number of nitrogens with zero attached hydrogens (tertiary/aromatic N) is 1. The summed E-state index contributed by atoms with van der Waals surface area (Å²) in [6.07, 6.45) is 8.64. The van der Waals surface area contributed by atoms with E-state index in [1.165, 1.54) is 50.0 Å². The van der Waals surface area contributed by atoms with E-state index in [1.807, 2.05) is 0 Å². The predicted octanol–water partition coefficient (Wildman–Crippen LogP) is 15.5. The average molecular weight is 700 g/mol. The molecule has 1 heterocycles. The smallest absolute Gasteiger partial charge is 0.0707 e. The average Bonchev–Trinajstić information content (AvgIpc) is 3.27. The Morgan fingerprint density at radius 2 is 0.809 bits per heavy atom. The maximum absolute atomic E-state index is 2.43. The van der Waals surface area contributed by atoms with Crippen molar-refractivity contribution in [2.75, 3.05) is 18.6 Å². The van der Waals surface area contributed by atoms with Gasteiger partial charge in [0.25, 0.3) is 0 Å². The van der Waals surface area contributed by atoms with Crippen LogP contribution in [-0.2, 0) is 0 Å². The molecule has 0 aromatic heterocycles. The molecule has 0 radical (unpaired) electrons. The van der Waals surface area contributed by atoms with E-state index in [9.17, 15) is 0 Å². The van der Waals surface area contributed by atoms with Crippen molar-refractivity contribution in [3.8, 4) is 0 Å². The lowest BCUT2D eigenvalue weighted by molar-refractivity contribution is 0.0251. The summed E-state index contributed by atoms with van der Waals surface area (Å²) in [6.45, 7) is 56.0. The van der Waals surface area contributed by atoms with Crippen LogP contribution >= 0.6 is 23.5 Å². The van der Waals surface area contributed by atoms with E-state index in [1.54, 1.807) is 0 Å². The van der Waals surface area contributed by atoms with Gasteiger partial charge in [-0.25, -0.2) is 0 Å². The van der Waals surface area contributed by atoms with Gasteiger partial charge in [-0.3, -0.25) is 4.90 Å². The molecule has 1 nitrogen and oxygen atoms in total. The van der Waals surface area contributed by atoms with Crippen LogP contribution in [0.4, 0.5) is 0 Å². The van der Waals surface area contributed by atoms with Crippen molar-refractivity contribution >= 4 is 23.5 Å². The molecule has 47 heavy (non-hydrogen) atoms. The fourth-order valence-electron chi connectivity index (χ4n) is 9.18. The number of thioether (sulfide) groups is 2. The standard InChI is InChI=1S/C15H30.C11H22S2.C9H21N.C9H20/c1-14(2,3)13(15(4,5)6)12-10-8-7-9-11-12;1-9(2,3)11(10(4,5)6)12-7-8-13-11;1-8(2,3)10(7)9(4,5)6;1-8(2,3)7-9(4,5)6/h12-13H,7-11H2,1-6H3;7-8H2,1-6H3;1-7H3;7H2,1-6H3. The summed E-state index contributed by atoms with van der Waals surface area (Å²) in [7, 11) is 2.17. The highest BCUT2D eigenvalue weighted by molar-refractivity contribution is 8.21. The van der Waals surface area contributed by atoms with E-state index in [-0.39, 0.29) is 11.1 Å². The highest BCUT2D eigenvalue weighted by Crippen LogP contribution is 2.63. The lowest BCUT2D eigenvalue weighted by atomic mass is 9.58. The fourth-order valence-corrected chi connectivity index (χ4v) is 13.0. The van der Waals surface area contributed by atoms with Gasteiger partial charge in [0.15, 0.2) is 0 Å². The van der Waals surface area contributed by atoms with Gasteiger partial charge in [-0.2, -0.15) is 0 Å². The van der Waals surface area contributed by atoms with Gasteiger partial charge >= 0.3 is 0 Å². The molecule has 0 spiro atoms. The minimum absolute atomic E-state index is 0.276. The van der Waals surface area contributed by atoms with Crippen molar-refractivity contribution in [1.29, 1.82) is 0 Å². The summed E-state index contributed by atoms with van der Waals surface area (Å²) < 4.78 is 0.403. The largest absolute Gasteiger partial charge is 0.297 e. The Morgan fingerprint density at radius 3 is 0.957 bits per heavy atom. The highest BCUT2D eigenvalue weighted by Gasteiger charge is 2.53. The molecule has 1 saturated heterocycles. The van der Waals surface area contributed by atoms with Crippen molar-refractivity contribution in [3.63, 3.8) is 0 Å². The number of rotatable bonds is 1. The van der Waals surface area contributed by atoms with Gasteiger partial charge in [0.05, 0.1) is 4.08 Å². The third-order valence-electron chi connectivity index (χ3n) is 9.73. The van der Waals surface area contributed by atoms with E-state index in [0.717, 1.165) is 11.8 Å². The minimum atomic E-state index is 0.276. The third-order valence-corrected chi connectivity index (χ3v) is 14.8. The first-order valence-corrected chi connectivity index (χ1v) is 21.3. The molecule has 0 amide bonds. The Hall–Kier alpha value is 0.660. The van der Waals surface area contributed by atoms with Crippen LogP contribution in [0.3, 0.4) is 0 Å². The fraction of sp³-hybridized carbons (Fsp3) is 1.00. The number of hydrogen-bond acceptors (Lipinski definition) is 3. The molecule has 1 aliphatic carbocycles. The summed E-state index contributed by atoms with van der Waals surface area (Å²) in [5.41, 5.74) is 3.21. The molecule has 0 atom stereocenters. The SMILES string of the molecule is CC(C)(C)C(C1CCCCC1)C(C)(C)C.CC(C)(C)C1(C(C)(C)C)SCCS1.CC(C)(C)CC(C)(C)C.CN(C(C)(C)C)C(C)(C)C. The summed E-state index contributed by atoms with van der Waals surface area (Å²) in [5.74, 6) is 4.47.